The Balaban J connectivity index is 1.87. The quantitative estimate of drug-likeness (QED) is 0.764. The van der Waals surface area contributed by atoms with Crippen molar-refractivity contribution in [2.45, 2.75) is 37.8 Å². The molecule has 1 aliphatic heterocycles. The number of hydrogen-bond donors (Lipinski definition) is 2. The first-order chi connectivity index (χ1) is 8.49. The SMILES string of the molecule is CN(CC1CC(O)C1)C(=O)N1CCC[C@@H]1C(=O)O. The van der Waals surface area contributed by atoms with Gasteiger partial charge in [0.1, 0.15) is 6.04 Å². The molecule has 2 N–H and O–H groups in total. The van der Waals surface area contributed by atoms with Gasteiger partial charge in [-0.25, -0.2) is 9.59 Å². The minimum absolute atomic E-state index is 0.207. The van der Waals surface area contributed by atoms with Gasteiger partial charge >= 0.3 is 12.0 Å². The first-order valence-electron chi connectivity index (χ1n) is 6.41. The lowest BCUT2D eigenvalue weighted by atomic mass is 9.82. The number of amides is 2. The molecule has 0 aromatic carbocycles. The Morgan fingerprint density at radius 2 is 2.06 bits per heavy atom. The number of hydrogen-bond acceptors (Lipinski definition) is 3. The number of rotatable bonds is 3. The molecular formula is C12H20N2O4. The summed E-state index contributed by atoms with van der Waals surface area (Å²) >= 11 is 0. The van der Waals surface area contributed by atoms with Crippen LogP contribution < -0.4 is 0 Å². The lowest BCUT2D eigenvalue weighted by Gasteiger charge is -2.36. The molecular weight excluding hydrogens is 236 g/mol. The van der Waals surface area contributed by atoms with Crippen LogP contribution in [0.15, 0.2) is 0 Å². The molecule has 0 bridgehead atoms. The first kappa shape index (κ1) is 13.1. The van der Waals surface area contributed by atoms with E-state index >= 15 is 0 Å². The van der Waals surface area contributed by atoms with Gasteiger partial charge in [-0.05, 0) is 31.6 Å². The summed E-state index contributed by atoms with van der Waals surface area (Å²) in [7, 11) is 1.70. The van der Waals surface area contributed by atoms with Crippen molar-refractivity contribution in [2.24, 2.45) is 5.92 Å². The number of nitrogens with zero attached hydrogens (tertiary/aromatic N) is 2. The lowest BCUT2D eigenvalue weighted by Crippen LogP contribution is -2.49. The summed E-state index contributed by atoms with van der Waals surface area (Å²) < 4.78 is 0. The van der Waals surface area contributed by atoms with Gasteiger partial charge in [0.25, 0.3) is 0 Å². The number of carboxylic acids is 1. The molecule has 1 aliphatic carbocycles. The highest BCUT2D eigenvalue weighted by atomic mass is 16.4. The fourth-order valence-electron chi connectivity index (χ4n) is 2.79. The second-order valence-electron chi connectivity index (χ2n) is 5.34. The van der Waals surface area contributed by atoms with Crippen molar-refractivity contribution in [1.82, 2.24) is 9.80 Å². The van der Waals surface area contributed by atoms with E-state index in [0.717, 1.165) is 19.3 Å². The van der Waals surface area contributed by atoms with Crippen LogP contribution in [0.2, 0.25) is 0 Å². The number of carboxylic acid groups (broad SMARTS) is 1. The monoisotopic (exact) mass is 256 g/mol. The van der Waals surface area contributed by atoms with E-state index in [2.05, 4.69) is 0 Å². The van der Waals surface area contributed by atoms with Crippen molar-refractivity contribution in [3.63, 3.8) is 0 Å². The fourth-order valence-corrected chi connectivity index (χ4v) is 2.79. The Bertz CT molecular complexity index is 341. The molecule has 0 radical (unpaired) electrons. The van der Waals surface area contributed by atoms with E-state index in [4.69, 9.17) is 5.11 Å². The van der Waals surface area contributed by atoms with Crippen molar-refractivity contribution in [3.05, 3.63) is 0 Å². The maximum absolute atomic E-state index is 12.1. The first-order valence-corrected chi connectivity index (χ1v) is 6.41. The zero-order valence-electron chi connectivity index (χ0n) is 10.6. The smallest absolute Gasteiger partial charge is 0.326 e. The van der Waals surface area contributed by atoms with E-state index in [1.165, 1.54) is 4.90 Å². The van der Waals surface area contributed by atoms with Gasteiger partial charge in [0.15, 0.2) is 0 Å². The van der Waals surface area contributed by atoms with Gasteiger partial charge in [-0.1, -0.05) is 0 Å². The summed E-state index contributed by atoms with van der Waals surface area (Å²) in [5.41, 5.74) is 0. The van der Waals surface area contributed by atoms with Crippen LogP contribution in [0.25, 0.3) is 0 Å². The van der Waals surface area contributed by atoms with E-state index in [9.17, 15) is 14.7 Å². The number of urea groups is 1. The van der Waals surface area contributed by atoms with Gasteiger partial charge in [0, 0.05) is 20.1 Å². The predicted octanol–water partition coefficient (Wildman–Crippen LogP) is 0.358. The summed E-state index contributed by atoms with van der Waals surface area (Å²) in [6.45, 7) is 1.12. The summed E-state index contributed by atoms with van der Waals surface area (Å²) in [5.74, 6) is -0.576. The third-order valence-corrected chi connectivity index (χ3v) is 3.85. The maximum Gasteiger partial charge on any atom is 0.326 e. The molecule has 0 unspecified atom stereocenters. The van der Waals surface area contributed by atoms with Crippen LogP contribution >= 0.6 is 0 Å². The van der Waals surface area contributed by atoms with Crippen LogP contribution in [0.4, 0.5) is 4.79 Å². The van der Waals surface area contributed by atoms with E-state index < -0.39 is 12.0 Å². The minimum Gasteiger partial charge on any atom is -0.480 e. The number of aliphatic hydroxyl groups is 1. The van der Waals surface area contributed by atoms with Crippen LogP contribution in [0.1, 0.15) is 25.7 Å². The zero-order valence-corrected chi connectivity index (χ0v) is 10.6. The van der Waals surface area contributed by atoms with E-state index in [-0.39, 0.29) is 12.1 Å². The molecule has 1 heterocycles. The summed E-state index contributed by atoms with van der Waals surface area (Å²) in [4.78, 5) is 26.2. The molecule has 2 aliphatic rings. The van der Waals surface area contributed by atoms with Crippen LogP contribution in [-0.2, 0) is 4.79 Å². The zero-order chi connectivity index (χ0) is 13.3. The molecule has 1 saturated heterocycles. The third-order valence-electron chi connectivity index (χ3n) is 3.85. The molecule has 0 aromatic rings. The van der Waals surface area contributed by atoms with Crippen LogP contribution in [0.5, 0.6) is 0 Å². The maximum atomic E-state index is 12.1. The molecule has 2 fully saturated rings. The molecule has 0 aromatic heterocycles. The Kier molecular flexibility index (Phi) is 3.75. The highest BCUT2D eigenvalue weighted by Crippen LogP contribution is 2.28. The van der Waals surface area contributed by atoms with Gasteiger partial charge in [-0.15, -0.1) is 0 Å². The van der Waals surface area contributed by atoms with Crippen LogP contribution in [0.3, 0.4) is 0 Å². The number of carbonyl (C=O) groups excluding carboxylic acids is 1. The predicted molar refractivity (Wildman–Crippen MR) is 64.1 cm³/mol. The van der Waals surface area contributed by atoms with Crippen molar-refractivity contribution in [3.8, 4) is 0 Å². The minimum atomic E-state index is -0.923. The Morgan fingerprint density at radius 3 is 2.61 bits per heavy atom. The lowest BCUT2D eigenvalue weighted by molar-refractivity contribution is -0.141. The van der Waals surface area contributed by atoms with Crippen molar-refractivity contribution in [1.29, 1.82) is 0 Å². The molecule has 2 amide bonds. The average molecular weight is 256 g/mol. The van der Waals surface area contributed by atoms with Crippen molar-refractivity contribution in [2.75, 3.05) is 20.1 Å². The molecule has 0 spiro atoms. The van der Waals surface area contributed by atoms with Crippen molar-refractivity contribution >= 4 is 12.0 Å². The normalized spacial score (nSPS) is 31.0. The molecule has 102 valence electrons. The van der Waals surface area contributed by atoms with E-state index in [0.29, 0.717) is 25.4 Å². The Morgan fingerprint density at radius 1 is 1.39 bits per heavy atom. The Hall–Kier alpha value is -1.30. The molecule has 18 heavy (non-hydrogen) atoms. The molecule has 6 heteroatoms. The topological polar surface area (TPSA) is 81.1 Å². The largest absolute Gasteiger partial charge is 0.480 e. The number of carbonyl (C=O) groups is 2. The van der Waals surface area contributed by atoms with Gasteiger partial charge < -0.3 is 20.0 Å². The second-order valence-corrected chi connectivity index (χ2v) is 5.34. The molecule has 1 atom stereocenters. The van der Waals surface area contributed by atoms with Gasteiger partial charge in [0.2, 0.25) is 0 Å². The highest BCUT2D eigenvalue weighted by Gasteiger charge is 2.36. The number of likely N-dealkylation sites (tertiary alicyclic amines) is 1. The molecule has 6 nitrogen and oxygen atoms in total. The Labute approximate surface area is 106 Å². The second kappa shape index (κ2) is 5.14. The summed E-state index contributed by atoms with van der Waals surface area (Å²) in [6, 6.07) is -0.881. The van der Waals surface area contributed by atoms with Gasteiger partial charge in [0.05, 0.1) is 6.10 Å². The van der Waals surface area contributed by atoms with E-state index in [1.54, 1.807) is 11.9 Å². The average Bonchev–Trinajstić information content (AvgIpc) is 2.74. The number of aliphatic carboxylic acids is 1. The van der Waals surface area contributed by atoms with E-state index in [1.807, 2.05) is 0 Å². The summed E-state index contributed by atoms with van der Waals surface area (Å²) in [5, 5.41) is 18.2. The van der Waals surface area contributed by atoms with Crippen LogP contribution in [0, 0.1) is 5.92 Å². The summed E-state index contributed by atoms with van der Waals surface area (Å²) in [6.07, 6.45) is 2.53. The molecule has 2 rings (SSSR count). The number of aliphatic hydroxyl groups excluding tert-OH is 1. The fraction of sp³-hybridized carbons (Fsp3) is 0.833. The van der Waals surface area contributed by atoms with Gasteiger partial charge in [-0.2, -0.15) is 0 Å². The standard InChI is InChI=1S/C12H20N2O4/c1-13(7-8-5-9(15)6-8)12(18)14-4-2-3-10(14)11(16)17/h8-10,15H,2-7H2,1H3,(H,16,17)/t8?,9?,10-/m1/s1. The highest BCUT2D eigenvalue weighted by molar-refractivity contribution is 5.83. The van der Waals surface area contributed by atoms with Gasteiger partial charge in [-0.3, -0.25) is 0 Å². The van der Waals surface area contributed by atoms with Crippen molar-refractivity contribution < 1.29 is 19.8 Å². The molecule has 1 saturated carbocycles. The third kappa shape index (κ3) is 2.58. The van der Waals surface area contributed by atoms with Crippen LogP contribution in [-0.4, -0.2) is 64.3 Å².